The van der Waals surface area contributed by atoms with Gasteiger partial charge in [-0.15, -0.1) is 0 Å². The van der Waals surface area contributed by atoms with Crippen molar-refractivity contribution in [3.05, 3.63) is 66.7 Å². The van der Waals surface area contributed by atoms with Crippen molar-refractivity contribution in [3.8, 4) is 16.9 Å². The van der Waals surface area contributed by atoms with Crippen molar-refractivity contribution in [2.45, 2.75) is 6.54 Å². The summed E-state index contributed by atoms with van der Waals surface area (Å²) in [6.45, 7) is 0.638. The summed E-state index contributed by atoms with van der Waals surface area (Å²) < 4.78 is 18.4. The van der Waals surface area contributed by atoms with E-state index in [-0.39, 0.29) is 0 Å². The molecule has 0 aliphatic rings. The Morgan fingerprint density at radius 3 is 2.61 bits per heavy atom. The molecule has 0 bridgehead atoms. The van der Waals surface area contributed by atoms with Crippen molar-refractivity contribution in [2.75, 3.05) is 0 Å². The van der Waals surface area contributed by atoms with Crippen LogP contribution in [0.1, 0.15) is 5.56 Å². The van der Waals surface area contributed by atoms with Crippen LogP contribution in [0.15, 0.2) is 61.2 Å². The highest BCUT2D eigenvalue weighted by molar-refractivity contribution is 7.94. The van der Waals surface area contributed by atoms with Gasteiger partial charge >= 0.3 is 0 Å². The number of nitrogens with zero attached hydrogens (tertiary/aromatic N) is 3. The fraction of sp³-hybridized carbons (Fsp3) is 0.0625. The average molecular weight is 328 g/mol. The molecule has 6 nitrogen and oxygen atoms in total. The fourth-order valence-corrected chi connectivity index (χ4v) is 2.67. The molecule has 1 aromatic heterocycles. The second kappa shape index (κ2) is 6.23. The summed E-state index contributed by atoms with van der Waals surface area (Å²) in [5, 5.41) is 9.44. The lowest BCUT2D eigenvalue weighted by Gasteiger charge is -2.09. The second-order valence-electron chi connectivity index (χ2n) is 5.07. The topological polar surface area (TPSA) is 83.0 Å². The van der Waals surface area contributed by atoms with E-state index in [1.165, 1.54) is 6.33 Å². The summed E-state index contributed by atoms with van der Waals surface area (Å²) >= 11 is 0. The highest BCUT2D eigenvalue weighted by atomic mass is 32.2. The summed E-state index contributed by atoms with van der Waals surface area (Å²) in [5.74, 6) is 3.71. The Kier molecular flexibility index (Phi) is 4.14. The molecule has 0 fully saturated rings. The standard InChI is InChI=1S/C16H16N4O2S/c1-23(17,21)22-16-7-3-6-15(9-16)14-5-2-4-13(8-14)10-20-12-18-11-19-20/h2-9,11-12H,1,10H2,(H2,17,21). The van der Waals surface area contributed by atoms with Crippen molar-refractivity contribution in [1.29, 1.82) is 0 Å². The SMILES string of the molecule is C=S(N)(=O)Oc1cccc(-c2cccc(Cn3cncn3)c2)c1. The number of hydrogen-bond donors (Lipinski definition) is 1. The van der Waals surface area contributed by atoms with Crippen LogP contribution in [0, 0.1) is 0 Å². The van der Waals surface area contributed by atoms with Gasteiger partial charge in [-0.05, 0) is 34.9 Å². The van der Waals surface area contributed by atoms with Gasteiger partial charge in [0.2, 0.25) is 0 Å². The third-order valence-corrected chi connectivity index (χ3v) is 3.62. The molecule has 0 aliphatic carbocycles. The number of aromatic nitrogens is 3. The van der Waals surface area contributed by atoms with Crippen LogP contribution in [0.5, 0.6) is 5.75 Å². The molecule has 2 aromatic carbocycles. The predicted molar refractivity (Wildman–Crippen MR) is 91.1 cm³/mol. The maximum absolute atomic E-state index is 11.5. The molecule has 0 saturated heterocycles. The van der Waals surface area contributed by atoms with Crippen molar-refractivity contribution in [3.63, 3.8) is 0 Å². The summed E-state index contributed by atoms with van der Waals surface area (Å²) in [6.07, 6.45) is 3.18. The van der Waals surface area contributed by atoms with E-state index in [1.807, 2.05) is 30.3 Å². The van der Waals surface area contributed by atoms with E-state index in [0.29, 0.717) is 12.3 Å². The molecule has 23 heavy (non-hydrogen) atoms. The summed E-state index contributed by atoms with van der Waals surface area (Å²) in [6, 6.07) is 15.3. The van der Waals surface area contributed by atoms with Gasteiger partial charge in [0.15, 0.2) is 9.99 Å². The highest BCUT2D eigenvalue weighted by Gasteiger charge is 2.04. The maximum Gasteiger partial charge on any atom is 0.180 e. The van der Waals surface area contributed by atoms with Gasteiger partial charge in [0.05, 0.1) is 6.54 Å². The zero-order chi connectivity index (χ0) is 16.3. The Morgan fingerprint density at radius 2 is 1.91 bits per heavy atom. The fourth-order valence-electron chi connectivity index (χ4n) is 2.24. The molecule has 3 rings (SSSR count). The molecule has 7 heteroatoms. The molecule has 0 aliphatic heterocycles. The van der Waals surface area contributed by atoms with Crippen LogP contribution in [0.2, 0.25) is 0 Å². The Hall–Kier alpha value is -2.64. The number of rotatable bonds is 5. The molecular weight excluding hydrogens is 312 g/mol. The summed E-state index contributed by atoms with van der Waals surface area (Å²) in [5.41, 5.74) is 3.05. The lowest BCUT2D eigenvalue weighted by atomic mass is 10.0. The van der Waals surface area contributed by atoms with Crippen molar-refractivity contribution < 1.29 is 8.39 Å². The van der Waals surface area contributed by atoms with E-state index in [2.05, 4.69) is 22.0 Å². The van der Waals surface area contributed by atoms with Crippen molar-refractivity contribution in [1.82, 2.24) is 14.8 Å². The zero-order valence-corrected chi connectivity index (χ0v) is 13.1. The quantitative estimate of drug-likeness (QED) is 0.725. The average Bonchev–Trinajstić information content (AvgIpc) is 2.99. The third kappa shape index (κ3) is 4.18. The Morgan fingerprint density at radius 1 is 1.17 bits per heavy atom. The number of nitrogens with two attached hydrogens (primary N) is 1. The van der Waals surface area contributed by atoms with Crippen LogP contribution in [0.4, 0.5) is 0 Å². The minimum Gasteiger partial charge on any atom is -0.398 e. The van der Waals surface area contributed by atoms with Crippen LogP contribution < -0.4 is 9.32 Å². The van der Waals surface area contributed by atoms with Crippen LogP contribution in [0.3, 0.4) is 0 Å². The zero-order valence-electron chi connectivity index (χ0n) is 12.3. The van der Waals surface area contributed by atoms with Crippen LogP contribution in [0.25, 0.3) is 11.1 Å². The first-order valence-corrected chi connectivity index (χ1v) is 8.57. The van der Waals surface area contributed by atoms with Gasteiger partial charge in [0.1, 0.15) is 18.4 Å². The van der Waals surface area contributed by atoms with Gasteiger partial charge < -0.3 is 4.18 Å². The lowest BCUT2D eigenvalue weighted by Crippen LogP contribution is -2.18. The minimum absolute atomic E-state index is 0.423. The van der Waals surface area contributed by atoms with Gasteiger partial charge in [0, 0.05) is 5.87 Å². The Balaban J connectivity index is 1.88. The van der Waals surface area contributed by atoms with Gasteiger partial charge in [-0.25, -0.2) is 19.0 Å². The first kappa shape index (κ1) is 15.3. The van der Waals surface area contributed by atoms with Crippen LogP contribution >= 0.6 is 0 Å². The molecule has 0 spiro atoms. The van der Waals surface area contributed by atoms with Crippen LogP contribution in [-0.4, -0.2) is 24.8 Å². The number of benzene rings is 2. The van der Waals surface area contributed by atoms with Crippen molar-refractivity contribution >= 4 is 15.9 Å². The minimum atomic E-state index is -3.04. The highest BCUT2D eigenvalue weighted by Crippen LogP contribution is 2.25. The maximum atomic E-state index is 11.5. The summed E-state index contributed by atoms with van der Waals surface area (Å²) in [7, 11) is -3.04. The van der Waals surface area contributed by atoms with E-state index < -0.39 is 9.99 Å². The lowest BCUT2D eigenvalue weighted by molar-refractivity contribution is 0.560. The third-order valence-electron chi connectivity index (χ3n) is 3.14. The molecule has 118 valence electrons. The molecule has 3 aromatic rings. The molecule has 0 radical (unpaired) electrons. The van der Waals surface area contributed by atoms with Gasteiger partial charge in [-0.1, -0.05) is 30.3 Å². The molecule has 2 N–H and O–H groups in total. The largest absolute Gasteiger partial charge is 0.398 e. The van der Waals surface area contributed by atoms with Gasteiger partial charge in [-0.3, -0.25) is 0 Å². The van der Waals surface area contributed by atoms with E-state index in [4.69, 9.17) is 9.32 Å². The molecule has 0 saturated carbocycles. The molecule has 1 unspecified atom stereocenters. The van der Waals surface area contributed by atoms with E-state index in [9.17, 15) is 4.21 Å². The van der Waals surface area contributed by atoms with E-state index in [1.54, 1.807) is 23.1 Å². The molecule has 1 atom stereocenters. The smallest absolute Gasteiger partial charge is 0.180 e. The summed E-state index contributed by atoms with van der Waals surface area (Å²) in [4.78, 5) is 3.93. The predicted octanol–water partition coefficient (Wildman–Crippen LogP) is 1.88. The first-order chi connectivity index (χ1) is 11.0. The van der Waals surface area contributed by atoms with E-state index >= 15 is 0 Å². The van der Waals surface area contributed by atoms with Crippen molar-refractivity contribution in [2.24, 2.45) is 5.14 Å². The van der Waals surface area contributed by atoms with E-state index in [0.717, 1.165) is 16.7 Å². The monoisotopic (exact) mass is 328 g/mol. The molecule has 1 heterocycles. The van der Waals surface area contributed by atoms with Gasteiger partial charge in [-0.2, -0.15) is 5.10 Å². The van der Waals surface area contributed by atoms with Crippen LogP contribution in [-0.2, 0) is 16.5 Å². The van der Waals surface area contributed by atoms with Gasteiger partial charge in [0.25, 0.3) is 0 Å². The number of hydrogen-bond acceptors (Lipinski definition) is 4. The first-order valence-electron chi connectivity index (χ1n) is 6.86. The Bertz CT molecular complexity index is 905. The second-order valence-corrected chi connectivity index (χ2v) is 6.56. The molecule has 0 amide bonds. The normalized spacial score (nSPS) is 13.4. The Labute approximate surface area is 134 Å². The molecular formula is C16H16N4O2S.